The van der Waals surface area contributed by atoms with E-state index in [-0.39, 0.29) is 0 Å². The van der Waals surface area contributed by atoms with E-state index in [0.29, 0.717) is 5.92 Å². The van der Waals surface area contributed by atoms with E-state index in [1.165, 1.54) is 52.6 Å². The predicted octanol–water partition coefficient (Wildman–Crippen LogP) is 4.96. The van der Waals surface area contributed by atoms with Crippen molar-refractivity contribution >= 4 is 27.9 Å². The fourth-order valence-electron chi connectivity index (χ4n) is 5.61. The van der Waals surface area contributed by atoms with E-state index in [1.54, 1.807) is 0 Å². The highest BCUT2D eigenvalue weighted by Crippen LogP contribution is 2.32. The van der Waals surface area contributed by atoms with Gasteiger partial charge in [-0.05, 0) is 73.4 Å². The van der Waals surface area contributed by atoms with Crippen LogP contribution in [0.4, 0.5) is 5.69 Å². The van der Waals surface area contributed by atoms with Gasteiger partial charge in [0.05, 0.1) is 35.0 Å². The van der Waals surface area contributed by atoms with Gasteiger partial charge in [0.25, 0.3) is 0 Å². The molecule has 170 valence electrons. The molecule has 5 nitrogen and oxygen atoms in total. The summed E-state index contributed by atoms with van der Waals surface area (Å²) in [6, 6.07) is 9.36. The van der Waals surface area contributed by atoms with Crippen LogP contribution in [-0.2, 0) is 6.42 Å². The molecule has 5 heteroatoms. The first kappa shape index (κ1) is 20.7. The fraction of sp³-hybridized carbons (Fsp3) is 0.429. The third-order valence-corrected chi connectivity index (χ3v) is 7.41. The normalized spacial score (nSPS) is 21.4. The van der Waals surface area contributed by atoms with Crippen LogP contribution in [0.15, 0.2) is 47.7 Å². The molecule has 1 unspecified atom stereocenters. The Morgan fingerprint density at radius 3 is 2.82 bits per heavy atom. The lowest BCUT2D eigenvalue weighted by molar-refractivity contribution is 0.578. The topological polar surface area (TPSA) is 56.3 Å². The fourth-order valence-corrected chi connectivity index (χ4v) is 5.61. The number of hydrogen-bond donors (Lipinski definition) is 2. The van der Waals surface area contributed by atoms with Gasteiger partial charge in [-0.3, -0.25) is 9.98 Å². The molecule has 5 heterocycles. The number of H-pyrrole nitrogens is 1. The molecule has 1 aromatic carbocycles. The maximum Gasteiger partial charge on any atom is 0.0884 e. The molecular formula is C28H33N5. The molecule has 0 bridgehead atoms. The summed E-state index contributed by atoms with van der Waals surface area (Å²) in [4.78, 5) is 15.9. The van der Waals surface area contributed by atoms with E-state index in [2.05, 4.69) is 57.4 Å². The Labute approximate surface area is 196 Å². The second-order valence-corrected chi connectivity index (χ2v) is 9.90. The van der Waals surface area contributed by atoms with Crippen molar-refractivity contribution in [2.75, 3.05) is 37.6 Å². The summed E-state index contributed by atoms with van der Waals surface area (Å²) >= 11 is 0. The van der Waals surface area contributed by atoms with Crippen molar-refractivity contribution in [2.24, 2.45) is 10.9 Å². The molecule has 3 aliphatic heterocycles. The minimum atomic E-state index is 0.542. The monoisotopic (exact) mass is 439 g/mol. The number of rotatable bonds is 3. The van der Waals surface area contributed by atoms with Gasteiger partial charge in [0.15, 0.2) is 0 Å². The molecule has 2 aromatic heterocycles. The number of benzene rings is 1. The zero-order valence-electron chi connectivity index (χ0n) is 19.5. The van der Waals surface area contributed by atoms with Crippen LogP contribution in [0.5, 0.6) is 0 Å². The van der Waals surface area contributed by atoms with Crippen molar-refractivity contribution in [3.8, 4) is 0 Å². The summed E-state index contributed by atoms with van der Waals surface area (Å²) in [5, 5.41) is 4.69. The van der Waals surface area contributed by atoms with Crippen LogP contribution in [0.2, 0.25) is 0 Å². The Morgan fingerprint density at radius 1 is 1.06 bits per heavy atom. The van der Waals surface area contributed by atoms with Crippen LogP contribution < -0.4 is 10.2 Å². The summed E-state index contributed by atoms with van der Waals surface area (Å²) in [7, 11) is 0. The zero-order valence-corrected chi connectivity index (χ0v) is 19.5. The molecular weight excluding hydrogens is 406 g/mol. The van der Waals surface area contributed by atoms with Gasteiger partial charge >= 0.3 is 0 Å². The number of nitrogens with one attached hydrogen (secondary N) is 2. The number of aromatic amines is 1. The molecule has 0 aliphatic carbocycles. The van der Waals surface area contributed by atoms with Crippen molar-refractivity contribution < 1.29 is 0 Å². The molecule has 3 aromatic rings. The highest BCUT2D eigenvalue weighted by molar-refractivity contribution is 6.15. The Bertz CT molecular complexity index is 1230. The molecule has 2 N–H and O–H groups in total. The number of pyridine rings is 1. The minimum absolute atomic E-state index is 0.542. The van der Waals surface area contributed by atoms with E-state index >= 15 is 0 Å². The largest absolute Gasteiger partial charge is 0.370 e. The van der Waals surface area contributed by atoms with Crippen molar-refractivity contribution in [1.29, 1.82) is 0 Å². The zero-order chi connectivity index (χ0) is 22.2. The smallest absolute Gasteiger partial charge is 0.0884 e. The number of piperidine rings is 1. The van der Waals surface area contributed by atoms with E-state index in [4.69, 9.17) is 4.99 Å². The van der Waals surface area contributed by atoms with E-state index in [0.717, 1.165) is 62.5 Å². The maximum atomic E-state index is 5.16. The number of nitrogens with zero attached hydrogens (tertiary/aromatic N) is 3. The van der Waals surface area contributed by atoms with Gasteiger partial charge in [-0.1, -0.05) is 25.1 Å². The third-order valence-electron chi connectivity index (χ3n) is 7.41. The number of aromatic nitrogens is 2. The molecule has 0 saturated carbocycles. The lowest BCUT2D eigenvalue weighted by atomic mass is 9.90. The summed E-state index contributed by atoms with van der Waals surface area (Å²) in [6.45, 7) is 7.42. The molecule has 1 atom stereocenters. The van der Waals surface area contributed by atoms with Gasteiger partial charge in [-0.2, -0.15) is 0 Å². The van der Waals surface area contributed by atoms with E-state index in [1.807, 2.05) is 12.4 Å². The van der Waals surface area contributed by atoms with Crippen LogP contribution in [0.3, 0.4) is 0 Å². The number of hydrogen-bond acceptors (Lipinski definition) is 4. The standard InChI is InChI=1S/C28H33N5/c1-19-13-22-6-5-21(20-7-9-29-10-8-20)14-23(22)28(31-16-19)25-15-24-26(32-25)17-30-18-27(24)33-11-3-2-4-12-33/h5-7,14-15,17-19,29,32H,2-4,8-13,16H2,1H3. The summed E-state index contributed by atoms with van der Waals surface area (Å²) in [5.74, 6) is 0.542. The number of anilines is 1. The lowest BCUT2D eigenvalue weighted by Gasteiger charge is -2.28. The molecule has 3 aliphatic rings. The first-order valence-electron chi connectivity index (χ1n) is 12.6. The first-order chi connectivity index (χ1) is 16.3. The molecule has 33 heavy (non-hydrogen) atoms. The van der Waals surface area contributed by atoms with Crippen LogP contribution in [-0.4, -0.2) is 48.4 Å². The Kier molecular flexibility index (Phi) is 5.50. The van der Waals surface area contributed by atoms with Gasteiger partial charge in [-0.15, -0.1) is 0 Å². The van der Waals surface area contributed by atoms with Crippen LogP contribution in [0, 0.1) is 5.92 Å². The molecule has 6 rings (SSSR count). The lowest BCUT2D eigenvalue weighted by Crippen LogP contribution is -2.29. The van der Waals surface area contributed by atoms with Gasteiger partial charge in [-0.25, -0.2) is 0 Å². The molecule has 0 amide bonds. The Morgan fingerprint density at radius 2 is 1.97 bits per heavy atom. The highest BCUT2D eigenvalue weighted by Gasteiger charge is 2.22. The van der Waals surface area contributed by atoms with Crippen LogP contribution >= 0.6 is 0 Å². The van der Waals surface area contributed by atoms with Crippen molar-refractivity contribution in [2.45, 2.75) is 39.0 Å². The van der Waals surface area contributed by atoms with Crippen molar-refractivity contribution in [1.82, 2.24) is 15.3 Å². The Balaban J connectivity index is 1.45. The summed E-state index contributed by atoms with van der Waals surface area (Å²) in [6.07, 6.45) is 12.4. The van der Waals surface area contributed by atoms with Crippen molar-refractivity contribution in [3.05, 3.63) is 65.1 Å². The molecule has 0 spiro atoms. The van der Waals surface area contributed by atoms with Gasteiger partial charge in [0.2, 0.25) is 0 Å². The maximum absolute atomic E-state index is 5.16. The average molecular weight is 440 g/mol. The number of fused-ring (bicyclic) bond motifs is 2. The molecule has 1 saturated heterocycles. The predicted molar refractivity (Wildman–Crippen MR) is 137 cm³/mol. The second-order valence-electron chi connectivity index (χ2n) is 9.90. The molecule has 0 radical (unpaired) electrons. The van der Waals surface area contributed by atoms with Crippen LogP contribution in [0.25, 0.3) is 16.5 Å². The quantitative estimate of drug-likeness (QED) is 0.606. The van der Waals surface area contributed by atoms with Crippen LogP contribution in [0.1, 0.15) is 55.0 Å². The third kappa shape index (κ3) is 3.99. The van der Waals surface area contributed by atoms with E-state index < -0.39 is 0 Å². The SMILES string of the molecule is CC1CN=C(c2cc3c(N4CCCCC4)cncc3[nH]2)c2cc(C3=CCNCC3)ccc2C1. The van der Waals surface area contributed by atoms with Crippen molar-refractivity contribution in [3.63, 3.8) is 0 Å². The summed E-state index contributed by atoms with van der Waals surface area (Å²) in [5.41, 5.74) is 10.1. The van der Waals surface area contributed by atoms with Gasteiger partial charge in [0, 0.05) is 37.1 Å². The molecule has 1 fully saturated rings. The van der Waals surface area contributed by atoms with Gasteiger partial charge < -0.3 is 15.2 Å². The van der Waals surface area contributed by atoms with Gasteiger partial charge in [0.1, 0.15) is 0 Å². The highest BCUT2D eigenvalue weighted by atomic mass is 15.1. The summed E-state index contributed by atoms with van der Waals surface area (Å²) < 4.78 is 0. The number of aliphatic imine (C=N–C) groups is 1. The second kappa shape index (κ2) is 8.79. The minimum Gasteiger partial charge on any atom is -0.370 e. The Hall–Kier alpha value is -2.92. The van der Waals surface area contributed by atoms with E-state index in [9.17, 15) is 0 Å². The first-order valence-corrected chi connectivity index (χ1v) is 12.6. The average Bonchev–Trinajstić information content (AvgIpc) is 3.22.